The van der Waals surface area contributed by atoms with E-state index in [1.807, 2.05) is 60.7 Å². The number of nitrogens with one attached hydrogen (secondary N) is 1. The second kappa shape index (κ2) is 9.45. The molecule has 4 rings (SSSR count). The van der Waals surface area contributed by atoms with E-state index in [1.54, 1.807) is 20.4 Å². The van der Waals surface area contributed by atoms with Crippen LogP contribution < -0.4 is 14.9 Å². The van der Waals surface area contributed by atoms with Gasteiger partial charge in [-0.15, -0.1) is 0 Å². The maximum atomic E-state index is 5.41. The van der Waals surface area contributed by atoms with Crippen molar-refractivity contribution < 1.29 is 9.47 Å². The number of methoxy groups -OCH3 is 2. The summed E-state index contributed by atoms with van der Waals surface area (Å²) in [5, 5.41) is 5.28. The number of hydrogen-bond acceptors (Lipinski definition) is 6. The molecule has 6 nitrogen and oxygen atoms in total. The number of fused-ring (bicyclic) bond motifs is 1. The van der Waals surface area contributed by atoms with Gasteiger partial charge in [0.05, 0.1) is 36.1 Å². The van der Waals surface area contributed by atoms with Crippen LogP contribution in [0, 0.1) is 0 Å². The third-order valence-electron chi connectivity index (χ3n) is 4.59. The molecule has 31 heavy (non-hydrogen) atoms. The molecule has 3 aromatic carbocycles. The van der Waals surface area contributed by atoms with Crippen molar-refractivity contribution in [2.45, 2.75) is 0 Å². The Morgan fingerprint density at radius 1 is 0.935 bits per heavy atom. The zero-order valence-electron chi connectivity index (χ0n) is 16.8. The molecular formula is C23H18Br2N4O2. The second-order valence-electron chi connectivity index (χ2n) is 6.50. The van der Waals surface area contributed by atoms with E-state index in [9.17, 15) is 0 Å². The van der Waals surface area contributed by atoms with Crippen molar-refractivity contribution in [1.29, 1.82) is 0 Å². The van der Waals surface area contributed by atoms with Crippen LogP contribution in [0.4, 0.5) is 5.95 Å². The largest absolute Gasteiger partial charge is 0.493 e. The SMILES string of the molecule is COc1ccc(C=NNc2nc(-c3ccccc3)c3cc(Br)ccc3n2)c(Br)c1OC. The van der Waals surface area contributed by atoms with Gasteiger partial charge in [0, 0.05) is 21.0 Å². The van der Waals surface area contributed by atoms with E-state index in [0.717, 1.165) is 36.7 Å². The number of rotatable bonds is 6. The molecule has 0 spiro atoms. The minimum Gasteiger partial charge on any atom is -0.493 e. The van der Waals surface area contributed by atoms with Crippen molar-refractivity contribution in [3.63, 3.8) is 0 Å². The minimum absolute atomic E-state index is 0.404. The molecule has 0 aliphatic carbocycles. The summed E-state index contributed by atoms with van der Waals surface area (Å²) in [5.41, 5.74) is 6.42. The second-order valence-corrected chi connectivity index (χ2v) is 8.21. The smallest absolute Gasteiger partial charge is 0.244 e. The third kappa shape index (κ3) is 4.55. The molecule has 1 aromatic heterocycles. The lowest BCUT2D eigenvalue weighted by atomic mass is 10.1. The van der Waals surface area contributed by atoms with Crippen molar-refractivity contribution in [3.8, 4) is 22.8 Å². The predicted octanol–water partition coefficient (Wildman–Crippen LogP) is 6.29. The molecule has 156 valence electrons. The van der Waals surface area contributed by atoms with Crippen molar-refractivity contribution in [3.05, 3.63) is 75.2 Å². The Kier molecular flexibility index (Phi) is 6.48. The first-order valence-electron chi connectivity index (χ1n) is 9.33. The highest BCUT2D eigenvalue weighted by Crippen LogP contribution is 2.37. The first-order valence-corrected chi connectivity index (χ1v) is 10.9. The van der Waals surface area contributed by atoms with Gasteiger partial charge in [0.15, 0.2) is 11.5 Å². The van der Waals surface area contributed by atoms with Gasteiger partial charge >= 0.3 is 0 Å². The van der Waals surface area contributed by atoms with Gasteiger partial charge < -0.3 is 9.47 Å². The van der Waals surface area contributed by atoms with E-state index in [-0.39, 0.29) is 0 Å². The molecule has 0 radical (unpaired) electrons. The minimum atomic E-state index is 0.404. The maximum Gasteiger partial charge on any atom is 0.244 e. The molecule has 0 atom stereocenters. The first kappa shape index (κ1) is 21.3. The molecule has 0 saturated carbocycles. The van der Waals surface area contributed by atoms with Crippen LogP contribution in [0.3, 0.4) is 0 Å². The number of benzene rings is 3. The highest BCUT2D eigenvalue weighted by molar-refractivity contribution is 9.10. The zero-order chi connectivity index (χ0) is 21.8. The Morgan fingerprint density at radius 3 is 2.48 bits per heavy atom. The van der Waals surface area contributed by atoms with Gasteiger partial charge in [0.2, 0.25) is 5.95 Å². The number of halogens is 2. The Labute approximate surface area is 196 Å². The van der Waals surface area contributed by atoms with Crippen LogP contribution in [0.25, 0.3) is 22.2 Å². The van der Waals surface area contributed by atoms with E-state index < -0.39 is 0 Å². The van der Waals surface area contributed by atoms with Crippen molar-refractivity contribution in [2.75, 3.05) is 19.6 Å². The maximum absolute atomic E-state index is 5.41. The van der Waals surface area contributed by atoms with Crippen LogP contribution >= 0.6 is 31.9 Å². The zero-order valence-corrected chi connectivity index (χ0v) is 19.9. The Bertz CT molecular complexity index is 1260. The van der Waals surface area contributed by atoms with Crippen molar-refractivity contribution >= 4 is 54.9 Å². The summed E-state index contributed by atoms with van der Waals surface area (Å²) in [5.74, 6) is 1.64. The summed E-state index contributed by atoms with van der Waals surface area (Å²) < 4.78 is 12.4. The van der Waals surface area contributed by atoms with Crippen molar-refractivity contribution in [2.24, 2.45) is 5.10 Å². The van der Waals surface area contributed by atoms with Gasteiger partial charge in [-0.1, -0.05) is 46.3 Å². The number of aromatic nitrogens is 2. The van der Waals surface area contributed by atoms with Gasteiger partial charge in [-0.2, -0.15) is 5.10 Å². The van der Waals surface area contributed by atoms with Gasteiger partial charge in [-0.3, -0.25) is 0 Å². The number of anilines is 1. The lowest BCUT2D eigenvalue weighted by Gasteiger charge is -2.11. The average Bonchev–Trinajstić information content (AvgIpc) is 2.80. The molecule has 1 heterocycles. The Hall–Kier alpha value is -2.97. The van der Waals surface area contributed by atoms with Gasteiger partial charge in [0.25, 0.3) is 0 Å². The molecule has 0 aliphatic rings. The lowest BCUT2D eigenvalue weighted by molar-refractivity contribution is 0.353. The number of hydrazone groups is 1. The first-order chi connectivity index (χ1) is 15.1. The van der Waals surface area contributed by atoms with Crippen LogP contribution in [0.5, 0.6) is 11.5 Å². The average molecular weight is 542 g/mol. The molecule has 0 fully saturated rings. The molecule has 1 N–H and O–H groups in total. The van der Waals surface area contributed by atoms with E-state index in [2.05, 4.69) is 47.4 Å². The fourth-order valence-electron chi connectivity index (χ4n) is 3.13. The molecule has 0 saturated heterocycles. The highest BCUT2D eigenvalue weighted by atomic mass is 79.9. The molecule has 0 amide bonds. The van der Waals surface area contributed by atoms with Crippen LogP contribution in [-0.2, 0) is 0 Å². The lowest BCUT2D eigenvalue weighted by Crippen LogP contribution is -2.00. The standard InChI is InChI=1S/C23H18Br2N4O2/c1-30-19-11-8-15(20(25)22(19)31-2)13-26-29-23-27-18-10-9-16(24)12-17(18)21(28-23)14-6-4-3-5-7-14/h3-13H,1-2H3,(H,27,28,29). The van der Waals surface area contributed by atoms with Crippen LogP contribution in [0.2, 0.25) is 0 Å². The quantitative estimate of drug-likeness (QED) is 0.229. The molecule has 8 heteroatoms. The van der Waals surface area contributed by atoms with E-state index in [4.69, 9.17) is 14.5 Å². The molecular weight excluding hydrogens is 524 g/mol. The molecule has 0 aliphatic heterocycles. The van der Waals surface area contributed by atoms with E-state index >= 15 is 0 Å². The molecule has 0 unspecified atom stereocenters. The number of ether oxygens (including phenoxy) is 2. The summed E-state index contributed by atoms with van der Waals surface area (Å²) in [6.07, 6.45) is 1.67. The topological polar surface area (TPSA) is 68.6 Å². The van der Waals surface area contributed by atoms with E-state index in [1.165, 1.54) is 0 Å². The van der Waals surface area contributed by atoms with Gasteiger partial charge in [-0.25, -0.2) is 15.4 Å². The van der Waals surface area contributed by atoms with E-state index in [0.29, 0.717) is 17.4 Å². The highest BCUT2D eigenvalue weighted by Gasteiger charge is 2.12. The fourth-order valence-corrected chi connectivity index (χ4v) is 4.08. The Balaban J connectivity index is 1.69. The number of nitrogens with zero attached hydrogens (tertiary/aromatic N) is 3. The Morgan fingerprint density at radius 2 is 1.74 bits per heavy atom. The normalized spacial score (nSPS) is 11.1. The molecule has 4 aromatic rings. The van der Waals surface area contributed by atoms with Crippen LogP contribution in [0.15, 0.2) is 74.7 Å². The third-order valence-corrected chi connectivity index (χ3v) is 5.90. The fraction of sp³-hybridized carbons (Fsp3) is 0.0870. The monoisotopic (exact) mass is 540 g/mol. The summed E-state index contributed by atoms with van der Waals surface area (Å²) in [6, 6.07) is 19.6. The van der Waals surface area contributed by atoms with Gasteiger partial charge in [-0.05, 0) is 46.3 Å². The van der Waals surface area contributed by atoms with Gasteiger partial charge in [0.1, 0.15) is 0 Å². The van der Waals surface area contributed by atoms with Crippen LogP contribution in [-0.4, -0.2) is 30.4 Å². The summed E-state index contributed by atoms with van der Waals surface area (Å²) >= 11 is 7.08. The van der Waals surface area contributed by atoms with Crippen molar-refractivity contribution in [1.82, 2.24) is 9.97 Å². The summed E-state index contributed by atoms with van der Waals surface area (Å²) in [7, 11) is 3.19. The molecule has 0 bridgehead atoms. The summed E-state index contributed by atoms with van der Waals surface area (Å²) in [4.78, 5) is 9.32. The number of hydrogen-bond donors (Lipinski definition) is 1. The van der Waals surface area contributed by atoms with Crippen LogP contribution in [0.1, 0.15) is 5.56 Å². The summed E-state index contributed by atoms with van der Waals surface area (Å²) in [6.45, 7) is 0. The predicted molar refractivity (Wildman–Crippen MR) is 131 cm³/mol.